The Labute approximate surface area is 178 Å². The summed E-state index contributed by atoms with van der Waals surface area (Å²) >= 11 is 4.82. The van der Waals surface area contributed by atoms with Gasteiger partial charge in [-0.15, -0.1) is 16.4 Å². The summed E-state index contributed by atoms with van der Waals surface area (Å²) in [7, 11) is 0. The maximum atomic E-state index is 12.3. The molecule has 0 bridgehead atoms. The number of aromatic nitrogens is 3. The van der Waals surface area contributed by atoms with Gasteiger partial charge in [-0.05, 0) is 29.8 Å². The van der Waals surface area contributed by atoms with Crippen molar-refractivity contribution in [3.8, 4) is 11.3 Å². The lowest BCUT2D eigenvalue weighted by molar-refractivity contribution is -0.116. The standard InChI is InChI=1S/C20H16BrN5O2S/c1-12(27)22-16-8-4-14(5-9-16)17-11-29-20-24-19(25-26(17)20)23-18(28)10-13-2-6-15(21)7-3-13/h2-9,11H,10H2,1H3,(H,22,27)(H,23,25,28). The Morgan fingerprint density at radius 3 is 2.48 bits per heavy atom. The maximum Gasteiger partial charge on any atom is 0.250 e. The van der Waals surface area contributed by atoms with E-state index in [1.54, 1.807) is 4.52 Å². The minimum absolute atomic E-state index is 0.115. The third-order valence-electron chi connectivity index (χ3n) is 4.11. The van der Waals surface area contributed by atoms with E-state index in [2.05, 4.69) is 36.6 Å². The molecule has 0 unspecified atom stereocenters. The fourth-order valence-corrected chi connectivity index (χ4v) is 3.91. The second kappa shape index (κ2) is 8.14. The third-order valence-corrected chi connectivity index (χ3v) is 5.46. The predicted molar refractivity (Wildman–Crippen MR) is 117 cm³/mol. The summed E-state index contributed by atoms with van der Waals surface area (Å²) in [6, 6.07) is 15.1. The molecule has 29 heavy (non-hydrogen) atoms. The first-order valence-corrected chi connectivity index (χ1v) is 10.4. The molecule has 0 radical (unpaired) electrons. The van der Waals surface area contributed by atoms with Crippen LogP contribution in [-0.4, -0.2) is 26.4 Å². The number of rotatable bonds is 5. The molecule has 0 aliphatic carbocycles. The molecular weight excluding hydrogens is 454 g/mol. The number of anilines is 2. The van der Waals surface area contributed by atoms with E-state index in [4.69, 9.17) is 0 Å². The lowest BCUT2D eigenvalue weighted by Crippen LogP contribution is -2.15. The number of carbonyl (C=O) groups is 2. The Kier molecular flexibility index (Phi) is 5.41. The molecule has 7 nitrogen and oxygen atoms in total. The van der Waals surface area contributed by atoms with E-state index in [0.29, 0.717) is 4.96 Å². The molecule has 0 aliphatic rings. The molecular formula is C20H16BrN5O2S. The van der Waals surface area contributed by atoms with Crippen LogP contribution in [0, 0.1) is 0 Å². The van der Waals surface area contributed by atoms with Crippen molar-refractivity contribution >= 4 is 55.7 Å². The van der Waals surface area contributed by atoms with Gasteiger partial charge >= 0.3 is 0 Å². The van der Waals surface area contributed by atoms with Gasteiger partial charge in [-0.1, -0.05) is 40.2 Å². The zero-order chi connectivity index (χ0) is 20.4. The van der Waals surface area contributed by atoms with E-state index < -0.39 is 0 Å². The second-order valence-corrected chi connectivity index (χ2v) is 8.11. The highest BCUT2D eigenvalue weighted by molar-refractivity contribution is 9.10. The molecule has 2 amide bonds. The maximum absolute atomic E-state index is 12.3. The van der Waals surface area contributed by atoms with Crippen LogP contribution in [0.2, 0.25) is 0 Å². The van der Waals surface area contributed by atoms with Crippen molar-refractivity contribution in [2.75, 3.05) is 10.6 Å². The van der Waals surface area contributed by atoms with Crippen LogP contribution < -0.4 is 10.6 Å². The Morgan fingerprint density at radius 1 is 1.07 bits per heavy atom. The van der Waals surface area contributed by atoms with Gasteiger partial charge in [-0.3, -0.25) is 14.9 Å². The molecule has 4 aromatic rings. The SMILES string of the molecule is CC(=O)Nc1ccc(-c2csc3nc(NC(=O)Cc4ccc(Br)cc4)nn23)cc1. The number of benzene rings is 2. The molecule has 0 atom stereocenters. The summed E-state index contributed by atoms with van der Waals surface area (Å²) in [6.45, 7) is 1.47. The average Bonchev–Trinajstić information content (AvgIpc) is 3.24. The smallest absolute Gasteiger partial charge is 0.250 e. The van der Waals surface area contributed by atoms with Gasteiger partial charge in [0.2, 0.25) is 22.7 Å². The zero-order valence-corrected chi connectivity index (χ0v) is 17.8. The highest BCUT2D eigenvalue weighted by Gasteiger charge is 2.14. The number of hydrogen-bond acceptors (Lipinski definition) is 5. The lowest BCUT2D eigenvalue weighted by Gasteiger charge is -2.04. The molecule has 0 fully saturated rings. The average molecular weight is 470 g/mol. The first-order valence-electron chi connectivity index (χ1n) is 8.74. The molecule has 2 N–H and O–H groups in total. The number of thiazole rings is 1. The number of carbonyl (C=O) groups excluding carboxylic acids is 2. The lowest BCUT2D eigenvalue weighted by atomic mass is 10.1. The Morgan fingerprint density at radius 2 is 1.79 bits per heavy atom. The van der Waals surface area contributed by atoms with E-state index in [1.165, 1.54) is 18.3 Å². The molecule has 0 saturated heterocycles. The number of hydrogen-bond donors (Lipinski definition) is 2. The Bertz CT molecular complexity index is 1180. The molecule has 0 spiro atoms. The van der Waals surface area contributed by atoms with E-state index in [1.807, 2.05) is 53.9 Å². The topological polar surface area (TPSA) is 88.4 Å². The third kappa shape index (κ3) is 4.52. The van der Waals surface area contributed by atoms with Gasteiger partial charge in [0.05, 0.1) is 12.1 Å². The summed E-state index contributed by atoms with van der Waals surface area (Å²) in [6.07, 6.45) is 0.248. The number of nitrogens with zero attached hydrogens (tertiary/aromatic N) is 3. The molecule has 2 heterocycles. The number of fused-ring (bicyclic) bond motifs is 1. The van der Waals surface area contributed by atoms with Crippen LogP contribution in [0.3, 0.4) is 0 Å². The van der Waals surface area contributed by atoms with Crippen molar-refractivity contribution in [3.05, 3.63) is 63.9 Å². The van der Waals surface area contributed by atoms with Crippen molar-refractivity contribution in [3.63, 3.8) is 0 Å². The molecule has 146 valence electrons. The van der Waals surface area contributed by atoms with Gasteiger partial charge in [0, 0.05) is 28.0 Å². The van der Waals surface area contributed by atoms with Gasteiger partial charge in [-0.2, -0.15) is 4.98 Å². The van der Waals surface area contributed by atoms with Crippen LogP contribution in [0.1, 0.15) is 12.5 Å². The molecule has 9 heteroatoms. The van der Waals surface area contributed by atoms with Crippen LogP contribution >= 0.6 is 27.3 Å². The summed E-state index contributed by atoms with van der Waals surface area (Å²) < 4.78 is 2.67. The largest absolute Gasteiger partial charge is 0.326 e. The fourth-order valence-electron chi connectivity index (χ4n) is 2.82. The van der Waals surface area contributed by atoms with Crippen molar-refractivity contribution in [1.82, 2.24) is 14.6 Å². The minimum Gasteiger partial charge on any atom is -0.326 e. The zero-order valence-electron chi connectivity index (χ0n) is 15.3. The van der Waals surface area contributed by atoms with Gasteiger partial charge in [0.15, 0.2) is 0 Å². The van der Waals surface area contributed by atoms with Crippen LogP contribution in [-0.2, 0) is 16.0 Å². The summed E-state index contributed by atoms with van der Waals surface area (Å²) in [5, 5.41) is 11.9. The number of halogens is 1. The number of nitrogens with one attached hydrogen (secondary N) is 2. The summed E-state index contributed by atoms with van der Waals surface area (Å²) in [5.41, 5.74) is 3.43. The molecule has 2 aromatic carbocycles. The van der Waals surface area contributed by atoms with E-state index in [9.17, 15) is 9.59 Å². The second-order valence-electron chi connectivity index (χ2n) is 6.36. The monoisotopic (exact) mass is 469 g/mol. The number of amides is 2. The molecule has 0 aliphatic heterocycles. The van der Waals surface area contributed by atoms with Crippen LogP contribution in [0.4, 0.5) is 11.6 Å². The normalized spacial score (nSPS) is 10.8. The van der Waals surface area contributed by atoms with E-state index in [0.717, 1.165) is 27.0 Å². The molecule has 2 aromatic heterocycles. The Hall–Kier alpha value is -3.04. The van der Waals surface area contributed by atoms with Crippen LogP contribution in [0.25, 0.3) is 16.2 Å². The quantitative estimate of drug-likeness (QED) is 0.454. The first kappa shape index (κ1) is 19.3. The van der Waals surface area contributed by atoms with Crippen molar-refractivity contribution in [2.24, 2.45) is 0 Å². The van der Waals surface area contributed by atoms with Gasteiger partial charge in [0.1, 0.15) is 0 Å². The fraction of sp³-hybridized carbons (Fsp3) is 0.100. The van der Waals surface area contributed by atoms with Gasteiger partial charge in [0.25, 0.3) is 0 Å². The highest BCUT2D eigenvalue weighted by atomic mass is 79.9. The van der Waals surface area contributed by atoms with Gasteiger partial charge < -0.3 is 5.32 Å². The summed E-state index contributed by atoms with van der Waals surface area (Å²) in [5.74, 6) is -0.0164. The van der Waals surface area contributed by atoms with Crippen molar-refractivity contribution < 1.29 is 9.59 Å². The Balaban J connectivity index is 1.50. The van der Waals surface area contributed by atoms with Crippen molar-refractivity contribution in [1.29, 1.82) is 0 Å². The van der Waals surface area contributed by atoms with Crippen molar-refractivity contribution in [2.45, 2.75) is 13.3 Å². The highest BCUT2D eigenvalue weighted by Crippen LogP contribution is 2.27. The van der Waals surface area contributed by atoms with Crippen LogP contribution in [0.15, 0.2) is 58.4 Å². The van der Waals surface area contributed by atoms with Gasteiger partial charge in [-0.25, -0.2) is 4.52 Å². The summed E-state index contributed by atoms with van der Waals surface area (Å²) in [4.78, 5) is 28.5. The molecule has 4 rings (SSSR count). The molecule has 0 saturated carbocycles. The van der Waals surface area contributed by atoms with E-state index in [-0.39, 0.29) is 24.2 Å². The first-order chi connectivity index (χ1) is 14.0. The predicted octanol–water partition coefficient (Wildman–Crippen LogP) is 4.36. The van der Waals surface area contributed by atoms with E-state index >= 15 is 0 Å². The van der Waals surface area contributed by atoms with Crippen LogP contribution in [0.5, 0.6) is 0 Å². The minimum atomic E-state index is -0.174.